The molecule has 2 nitrogen and oxygen atoms in total. The molecule has 21 heavy (non-hydrogen) atoms. The summed E-state index contributed by atoms with van der Waals surface area (Å²) in [7, 11) is 0. The number of phenolic OH excluding ortho intramolecular Hbond substituents is 1. The SMILES string of the molecule is Cc1ccc(C(C)NCC2(CC(C)C)CCCC2)c(O)c1. The van der Waals surface area contributed by atoms with Crippen molar-refractivity contribution in [3.8, 4) is 5.75 Å². The molecule has 0 aromatic heterocycles. The molecule has 0 bridgehead atoms. The molecule has 0 amide bonds. The van der Waals surface area contributed by atoms with E-state index in [2.05, 4.69) is 32.2 Å². The predicted molar refractivity (Wildman–Crippen MR) is 89.6 cm³/mol. The second kappa shape index (κ2) is 6.83. The third-order valence-electron chi connectivity index (χ3n) is 4.94. The fourth-order valence-electron chi connectivity index (χ4n) is 3.94. The van der Waals surface area contributed by atoms with Crippen LogP contribution in [0.2, 0.25) is 0 Å². The molecule has 1 atom stereocenters. The lowest BCUT2D eigenvalue weighted by Crippen LogP contribution is -2.34. The van der Waals surface area contributed by atoms with Crippen LogP contribution in [0.4, 0.5) is 0 Å². The van der Waals surface area contributed by atoms with Gasteiger partial charge < -0.3 is 10.4 Å². The highest BCUT2D eigenvalue weighted by Crippen LogP contribution is 2.43. The lowest BCUT2D eigenvalue weighted by Gasteiger charge is -2.33. The van der Waals surface area contributed by atoms with Gasteiger partial charge in [0.2, 0.25) is 0 Å². The summed E-state index contributed by atoms with van der Waals surface area (Å²) in [6, 6.07) is 6.18. The third kappa shape index (κ3) is 4.23. The first-order valence-electron chi connectivity index (χ1n) is 8.45. The first-order chi connectivity index (χ1) is 9.92. The molecule has 2 rings (SSSR count). The minimum atomic E-state index is 0.204. The van der Waals surface area contributed by atoms with Crippen LogP contribution >= 0.6 is 0 Å². The maximum atomic E-state index is 10.1. The van der Waals surface area contributed by atoms with E-state index in [9.17, 15) is 5.11 Å². The molecule has 1 aromatic carbocycles. The van der Waals surface area contributed by atoms with Gasteiger partial charge in [-0.2, -0.15) is 0 Å². The Morgan fingerprint density at radius 2 is 1.86 bits per heavy atom. The minimum absolute atomic E-state index is 0.204. The van der Waals surface area contributed by atoms with Gasteiger partial charge in [-0.15, -0.1) is 0 Å². The zero-order valence-corrected chi connectivity index (χ0v) is 14.1. The Morgan fingerprint density at radius 3 is 2.43 bits per heavy atom. The Labute approximate surface area is 130 Å². The molecule has 0 heterocycles. The van der Waals surface area contributed by atoms with Gasteiger partial charge in [0.1, 0.15) is 5.75 Å². The van der Waals surface area contributed by atoms with Gasteiger partial charge in [-0.25, -0.2) is 0 Å². The van der Waals surface area contributed by atoms with Crippen molar-refractivity contribution in [2.24, 2.45) is 11.3 Å². The van der Waals surface area contributed by atoms with Gasteiger partial charge in [-0.1, -0.05) is 38.8 Å². The molecule has 1 aliphatic carbocycles. The molecule has 0 saturated heterocycles. The van der Waals surface area contributed by atoms with Crippen LogP contribution in [0.15, 0.2) is 18.2 Å². The number of hydrogen-bond donors (Lipinski definition) is 2. The third-order valence-corrected chi connectivity index (χ3v) is 4.94. The van der Waals surface area contributed by atoms with Gasteiger partial charge in [0.05, 0.1) is 0 Å². The van der Waals surface area contributed by atoms with E-state index in [0.29, 0.717) is 11.2 Å². The average Bonchev–Trinajstić information content (AvgIpc) is 2.84. The highest BCUT2D eigenvalue weighted by atomic mass is 16.3. The van der Waals surface area contributed by atoms with Gasteiger partial charge in [0.15, 0.2) is 0 Å². The zero-order chi connectivity index (χ0) is 15.5. The Kier molecular flexibility index (Phi) is 5.32. The second-order valence-electron chi connectivity index (χ2n) is 7.47. The monoisotopic (exact) mass is 289 g/mol. The normalized spacial score (nSPS) is 19.1. The Morgan fingerprint density at radius 1 is 1.19 bits per heavy atom. The smallest absolute Gasteiger partial charge is 0.120 e. The van der Waals surface area contributed by atoms with E-state index in [-0.39, 0.29) is 6.04 Å². The fourth-order valence-corrected chi connectivity index (χ4v) is 3.94. The van der Waals surface area contributed by atoms with Crippen molar-refractivity contribution in [2.75, 3.05) is 6.54 Å². The van der Waals surface area contributed by atoms with E-state index in [4.69, 9.17) is 0 Å². The maximum absolute atomic E-state index is 10.1. The summed E-state index contributed by atoms with van der Waals surface area (Å²) in [5, 5.41) is 13.8. The van der Waals surface area contributed by atoms with E-state index >= 15 is 0 Å². The summed E-state index contributed by atoms with van der Waals surface area (Å²) in [5.41, 5.74) is 2.59. The first-order valence-corrected chi connectivity index (χ1v) is 8.45. The molecular formula is C19H31NO. The van der Waals surface area contributed by atoms with Crippen LogP contribution in [0, 0.1) is 18.3 Å². The van der Waals surface area contributed by atoms with E-state index in [0.717, 1.165) is 23.6 Å². The lowest BCUT2D eigenvalue weighted by molar-refractivity contribution is 0.216. The molecule has 118 valence electrons. The Balaban J connectivity index is 2.00. The van der Waals surface area contributed by atoms with Crippen molar-refractivity contribution in [1.82, 2.24) is 5.32 Å². The number of aromatic hydroxyl groups is 1. The predicted octanol–water partition coefficient (Wildman–Crippen LogP) is 4.96. The van der Waals surface area contributed by atoms with Crippen LogP contribution in [-0.4, -0.2) is 11.7 Å². The number of rotatable bonds is 6. The fraction of sp³-hybridized carbons (Fsp3) is 0.684. The molecule has 2 N–H and O–H groups in total. The summed E-state index contributed by atoms with van der Waals surface area (Å²) in [4.78, 5) is 0. The van der Waals surface area contributed by atoms with Gasteiger partial charge in [-0.3, -0.25) is 0 Å². The van der Waals surface area contributed by atoms with Gasteiger partial charge >= 0.3 is 0 Å². The number of nitrogens with one attached hydrogen (secondary N) is 1. The van der Waals surface area contributed by atoms with Crippen molar-refractivity contribution in [1.29, 1.82) is 0 Å². The highest BCUT2D eigenvalue weighted by molar-refractivity contribution is 5.37. The summed E-state index contributed by atoms with van der Waals surface area (Å²) < 4.78 is 0. The number of aryl methyl sites for hydroxylation is 1. The number of hydrogen-bond acceptors (Lipinski definition) is 2. The lowest BCUT2D eigenvalue weighted by atomic mass is 9.78. The van der Waals surface area contributed by atoms with Crippen LogP contribution in [0.5, 0.6) is 5.75 Å². The summed E-state index contributed by atoms with van der Waals surface area (Å²) in [6.45, 7) is 9.89. The van der Waals surface area contributed by atoms with Gasteiger partial charge in [0, 0.05) is 18.2 Å². The van der Waals surface area contributed by atoms with Gasteiger partial charge in [0.25, 0.3) is 0 Å². The summed E-state index contributed by atoms with van der Waals surface area (Å²) >= 11 is 0. The molecule has 0 radical (unpaired) electrons. The Hall–Kier alpha value is -1.02. The number of benzene rings is 1. The van der Waals surface area contributed by atoms with E-state index in [1.807, 2.05) is 19.1 Å². The summed E-state index contributed by atoms with van der Waals surface area (Å²) in [6.07, 6.45) is 6.76. The van der Waals surface area contributed by atoms with E-state index in [1.54, 1.807) is 0 Å². The molecule has 1 aliphatic rings. The van der Waals surface area contributed by atoms with Crippen LogP contribution in [0.1, 0.15) is 70.0 Å². The number of phenols is 1. The molecular weight excluding hydrogens is 258 g/mol. The molecule has 0 aliphatic heterocycles. The van der Waals surface area contributed by atoms with Crippen molar-refractivity contribution < 1.29 is 5.11 Å². The highest BCUT2D eigenvalue weighted by Gasteiger charge is 2.34. The van der Waals surface area contributed by atoms with Crippen LogP contribution < -0.4 is 5.32 Å². The molecule has 1 saturated carbocycles. The maximum Gasteiger partial charge on any atom is 0.120 e. The van der Waals surface area contributed by atoms with Crippen molar-refractivity contribution in [3.05, 3.63) is 29.3 Å². The van der Waals surface area contributed by atoms with Crippen molar-refractivity contribution in [2.45, 2.75) is 65.8 Å². The first kappa shape index (κ1) is 16.4. The average molecular weight is 289 g/mol. The van der Waals surface area contributed by atoms with Crippen LogP contribution in [-0.2, 0) is 0 Å². The second-order valence-corrected chi connectivity index (χ2v) is 7.47. The van der Waals surface area contributed by atoms with Crippen molar-refractivity contribution in [3.63, 3.8) is 0 Å². The van der Waals surface area contributed by atoms with E-state index in [1.165, 1.54) is 32.1 Å². The molecule has 1 aromatic rings. The standard InChI is InChI=1S/C19H31NO/c1-14(2)12-19(9-5-6-10-19)13-20-16(4)17-8-7-15(3)11-18(17)21/h7-8,11,14,16,20-21H,5-6,9-10,12-13H2,1-4H3. The topological polar surface area (TPSA) is 32.3 Å². The van der Waals surface area contributed by atoms with Gasteiger partial charge in [-0.05, 0) is 56.1 Å². The summed E-state index contributed by atoms with van der Waals surface area (Å²) in [5.74, 6) is 1.17. The molecule has 1 unspecified atom stereocenters. The van der Waals surface area contributed by atoms with Crippen molar-refractivity contribution >= 4 is 0 Å². The minimum Gasteiger partial charge on any atom is -0.508 e. The molecule has 1 fully saturated rings. The zero-order valence-electron chi connectivity index (χ0n) is 14.1. The van der Waals surface area contributed by atoms with E-state index < -0.39 is 0 Å². The Bertz CT molecular complexity index is 461. The quantitative estimate of drug-likeness (QED) is 0.776. The van der Waals surface area contributed by atoms with Crippen LogP contribution in [0.25, 0.3) is 0 Å². The molecule has 0 spiro atoms. The molecule has 2 heteroatoms. The largest absolute Gasteiger partial charge is 0.508 e. The van der Waals surface area contributed by atoms with Crippen LogP contribution in [0.3, 0.4) is 0 Å².